The molecule has 3 amide bonds. The Balaban J connectivity index is 1.37. The van der Waals surface area contributed by atoms with Crippen molar-refractivity contribution < 1.29 is 9.59 Å². The topological polar surface area (TPSA) is 65.5 Å². The van der Waals surface area contributed by atoms with E-state index in [4.69, 9.17) is 0 Å². The molecule has 1 aliphatic heterocycles. The number of nitrogens with one attached hydrogen (secondary N) is 1. The van der Waals surface area contributed by atoms with Gasteiger partial charge in [-0.1, -0.05) is 38.1 Å². The van der Waals surface area contributed by atoms with Gasteiger partial charge in [0.15, 0.2) is 0 Å². The van der Waals surface area contributed by atoms with Crippen molar-refractivity contribution in [3.63, 3.8) is 0 Å². The Morgan fingerprint density at radius 3 is 2.61 bits per heavy atom. The number of carbonyl (C=O) groups is 2. The maximum atomic E-state index is 12.8. The van der Waals surface area contributed by atoms with Crippen LogP contribution in [0.2, 0.25) is 0 Å². The fraction of sp³-hybridized carbons (Fsp3) is 0.292. The highest BCUT2D eigenvalue weighted by Crippen LogP contribution is 2.25. The zero-order valence-electron chi connectivity index (χ0n) is 18.0. The molecule has 0 saturated carbocycles. The summed E-state index contributed by atoms with van der Waals surface area (Å²) >= 11 is 1.59. The van der Waals surface area contributed by atoms with Crippen LogP contribution in [0.15, 0.2) is 53.9 Å². The molecular weight excluding hydrogens is 408 g/mol. The second-order valence-corrected chi connectivity index (χ2v) is 9.04. The summed E-state index contributed by atoms with van der Waals surface area (Å²) in [5.41, 5.74) is 4.65. The number of carbonyl (C=O) groups excluding carboxylic acids is 2. The molecule has 7 heteroatoms. The van der Waals surface area contributed by atoms with Gasteiger partial charge in [0.2, 0.25) is 5.91 Å². The van der Waals surface area contributed by atoms with Gasteiger partial charge in [-0.2, -0.15) is 0 Å². The van der Waals surface area contributed by atoms with E-state index in [2.05, 4.69) is 36.3 Å². The van der Waals surface area contributed by atoms with Crippen molar-refractivity contribution in [2.45, 2.75) is 26.7 Å². The summed E-state index contributed by atoms with van der Waals surface area (Å²) in [5.74, 6) is 0.235. The van der Waals surface area contributed by atoms with Crippen LogP contribution >= 0.6 is 11.3 Å². The average Bonchev–Trinajstić information content (AvgIpc) is 3.34. The van der Waals surface area contributed by atoms with Crippen molar-refractivity contribution in [2.24, 2.45) is 0 Å². The van der Waals surface area contributed by atoms with Crippen LogP contribution in [-0.2, 0) is 4.79 Å². The van der Waals surface area contributed by atoms with Gasteiger partial charge in [-0.15, -0.1) is 11.3 Å². The van der Waals surface area contributed by atoms with Gasteiger partial charge in [-0.3, -0.25) is 9.69 Å². The molecule has 160 valence electrons. The maximum Gasteiger partial charge on any atom is 0.325 e. The van der Waals surface area contributed by atoms with Crippen molar-refractivity contribution in [2.75, 3.05) is 29.9 Å². The normalized spacial score (nSPS) is 13.9. The minimum absolute atomic E-state index is 0.0272. The number of thiazole rings is 1. The first-order valence-corrected chi connectivity index (χ1v) is 11.3. The van der Waals surface area contributed by atoms with Gasteiger partial charge in [0, 0.05) is 35.4 Å². The summed E-state index contributed by atoms with van der Waals surface area (Å²) in [6, 6.07) is 15.5. The Bertz CT molecular complexity index is 1090. The van der Waals surface area contributed by atoms with Crippen molar-refractivity contribution >= 4 is 34.6 Å². The number of benzene rings is 2. The van der Waals surface area contributed by atoms with Crippen molar-refractivity contribution in [1.29, 1.82) is 0 Å². The summed E-state index contributed by atoms with van der Waals surface area (Å²) in [7, 11) is 0. The third-order valence-corrected chi connectivity index (χ3v) is 6.14. The van der Waals surface area contributed by atoms with E-state index in [1.165, 1.54) is 5.56 Å². The zero-order chi connectivity index (χ0) is 22.0. The Labute approximate surface area is 186 Å². The van der Waals surface area contributed by atoms with Crippen LogP contribution in [0.4, 0.5) is 16.2 Å². The van der Waals surface area contributed by atoms with E-state index in [9.17, 15) is 9.59 Å². The number of urea groups is 1. The Hall–Kier alpha value is -3.19. The van der Waals surface area contributed by atoms with Crippen LogP contribution < -0.4 is 10.2 Å². The first-order valence-electron chi connectivity index (χ1n) is 10.4. The van der Waals surface area contributed by atoms with E-state index >= 15 is 0 Å². The number of aromatic nitrogens is 1. The number of hydrogen-bond donors (Lipinski definition) is 1. The van der Waals surface area contributed by atoms with Gasteiger partial charge in [0.05, 0.1) is 10.7 Å². The molecule has 1 aliphatic rings. The van der Waals surface area contributed by atoms with Gasteiger partial charge >= 0.3 is 6.03 Å². The molecule has 1 fully saturated rings. The molecule has 3 aromatic rings. The van der Waals surface area contributed by atoms with Gasteiger partial charge in [-0.05, 0) is 42.7 Å². The molecule has 0 atom stereocenters. The zero-order valence-corrected chi connectivity index (χ0v) is 18.8. The lowest BCUT2D eigenvalue weighted by Crippen LogP contribution is -2.37. The summed E-state index contributed by atoms with van der Waals surface area (Å²) in [5, 5.41) is 5.91. The third kappa shape index (κ3) is 4.77. The average molecular weight is 435 g/mol. The van der Waals surface area contributed by atoms with Crippen LogP contribution in [0.5, 0.6) is 0 Å². The number of nitrogens with zero attached hydrogens (tertiary/aromatic N) is 3. The van der Waals surface area contributed by atoms with Gasteiger partial charge in [-0.25, -0.2) is 9.78 Å². The van der Waals surface area contributed by atoms with Crippen LogP contribution in [-0.4, -0.2) is 41.5 Å². The molecule has 1 saturated heterocycles. The Kier molecular flexibility index (Phi) is 6.04. The molecule has 0 bridgehead atoms. The van der Waals surface area contributed by atoms with E-state index in [0.717, 1.165) is 22.0 Å². The van der Waals surface area contributed by atoms with Gasteiger partial charge in [0.1, 0.15) is 6.54 Å². The highest BCUT2D eigenvalue weighted by Gasteiger charge is 2.30. The van der Waals surface area contributed by atoms with Crippen LogP contribution in [0.25, 0.3) is 11.3 Å². The fourth-order valence-electron chi connectivity index (χ4n) is 3.63. The van der Waals surface area contributed by atoms with Crippen molar-refractivity contribution in [3.05, 3.63) is 64.5 Å². The standard InChI is InChI=1S/C24H26N4O2S/c1-16(2)18-7-9-21(10-8-18)28-12-11-27(24(28)30)14-23(29)26-20-6-4-5-19(13-20)22-15-31-17(3)25-22/h4-10,13,15-16H,11-12,14H2,1-3H3,(H,26,29). The third-order valence-electron chi connectivity index (χ3n) is 5.36. The van der Waals surface area contributed by atoms with Crippen molar-refractivity contribution in [3.8, 4) is 11.3 Å². The van der Waals surface area contributed by atoms with Crippen molar-refractivity contribution in [1.82, 2.24) is 9.88 Å². The smallest absolute Gasteiger partial charge is 0.325 e. The number of anilines is 2. The molecule has 1 N–H and O–H groups in total. The molecule has 6 nitrogen and oxygen atoms in total. The summed E-state index contributed by atoms with van der Waals surface area (Å²) in [4.78, 5) is 33.2. The molecule has 2 aromatic carbocycles. The molecule has 0 radical (unpaired) electrons. The Morgan fingerprint density at radius 1 is 1.16 bits per heavy atom. The molecule has 4 rings (SSSR count). The molecule has 0 spiro atoms. The highest BCUT2D eigenvalue weighted by molar-refractivity contribution is 7.09. The summed E-state index contributed by atoms with van der Waals surface area (Å²) < 4.78 is 0. The lowest BCUT2D eigenvalue weighted by Gasteiger charge is -2.19. The first-order chi connectivity index (χ1) is 14.9. The molecule has 0 aliphatic carbocycles. The first kappa shape index (κ1) is 21.1. The largest absolute Gasteiger partial charge is 0.325 e. The predicted octanol–water partition coefficient (Wildman–Crippen LogP) is 5.12. The maximum absolute atomic E-state index is 12.8. The number of aryl methyl sites for hydroxylation is 1. The SMILES string of the molecule is Cc1nc(-c2cccc(NC(=O)CN3CCN(c4ccc(C(C)C)cc4)C3=O)c2)cs1. The van der Waals surface area contributed by atoms with Crippen LogP contribution in [0.3, 0.4) is 0 Å². The quantitative estimate of drug-likeness (QED) is 0.585. The van der Waals surface area contributed by atoms with E-state index in [1.54, 1.807) is 21.1 Å². The van der Waals surface area contributed by atoms with Crippen LogP contribution in [0, 0.1) is 6.92 Å². The predicted molar refractivity (Wildman–Crippen MR) is 126 cm³/mol. The Morgan fingerprint density at radius 2 is 1.94 bits per heavy atom. The molecule has 31 heavy (non-hydrogen) atoms. The van der Waals surface area contributed by atoms with Crippen LogP contribution in [0.1, 0.15) is 30.3 Å². The molecule has 2 heterocycles. The lowest BCUT2D eigenvalue weighted by molar-refractivity contribution is -0.116. The number of hydrogen-bond acceptors (Lipinski definition) is 4. The molecule has 0 unspecified atom stereocenters. The monoisotopic (exact) mass is 434 g/mol. The minimum atomic E-state index is -0.211. The van der Waals surface area contributed by atoms with E-state index < -0.39 is 0 Å². The van der Waals surface area contributed by atoms with Gasteiger partial charge in [0.25, 0.3) is 0 Å². The number of rotatable bonds is 6. The second kappa shape index (κ2) is 8.89. The van der Waals surface area contributed by atoms with E-state index in [-0.39, 0.29) is 18.5 Å². The molecular formula is C24H26N4O2S. The lowest BCUT2D eigenvalue weighted by atomic mass is 10.0. The fourth-order valence-corrected chi connectivity index (χ4v) is 4.26. The second-order valence-electron chi connectivity index (χ2n) is 7.98. The van der Waals surface area contributed by atoms with E-state index in [0.29, 0.717) is 24.7 Å². The minimum Gasteiger partial charge on any atom is -0.325 e. The van der Waals surface area contributed by atoms with E-state index in [1.807, 2.05) is 48.7 Å². The summed E-state index contributed by atoms with van der Waals surface area (Å²) in [6.45, 7) is 7.38. The molecule has 1 aromatic heterocycles. The number of amides is 3. The summed E-state index contributed by atoms with van der Waals surface area (Å²) in [6.07, 6.45) is 0. The highest BCUT2D eigenvalue weighted by atomic mass is 32.1. The van der Waals surface area contributed by atoms with Gasteiger partial charge < -0.3 is 10.2 Å².